The molecule has 0 fully saturated rings. The summed E-state index contributed by atoms with van der Waals surface area (Å²) >= 11 is 0. The lowest BCUT2D eigenvalue weighted by Gasteiger charge is -2.13. The Labute approximate surface area is 176 Å². The molecule has 0 unspecified atom stereocenters. The number of pyridine rings is 1. The van der Waals surface area contributed by atoms with Crippen LogP contribution in [0.1, 0.15) is 27.2 Å². The van der Waals surface area contributed by atoms with Crippen LogP contribution in [0.5, 0.6) is 5.75 Å². The molecule has 4 heteroatoms. The first-order valence-electron chi connectivity index (χ1n) is 9.94. The zero-order valence-corrected chi connectivity index (χ0v) is 17.4. The molecule has 0 bridgehead atoms. The van der Waals surface area contributed by atoms with Crippen molar-refractivity contribution in [2.45, 2.75) is 20.4 Å². The van der Waals surface area contributed by atoms with Crippen molar-refractivity contribution in [3.8, 4) is 16.9 Å². The van der Waals surface area contributed by atoms with Gasteiger partial charge in [-0.2, -0.15) is 0 Å². The molecule has 0 aliphatic heterocycles. The molecule has 1 heterocycles. The van der Waals surface area contributed by atoms with Crippen LogP contribution >= 0.6 is 0 Å². The summed E-state index contributed by atoms with van der Waals surface area (Å²) in [4.78, 5) is 17.9. The van der Waals surface area contributed by atoms with Crippen molar-refractivity contribution in [2.75, 3.05) is 7.11 Å². The first kappa shape index (κ1) is 19.6. The average Bonchev–Trinajstić information content (AvgIpc) is 2.77. The van der Waals surface area contributed by atoms with Gasteiger partial charge in [0.2, 0.25) is 0 Å². The van der Waals surface area contributed by atoms with E-state index in [-0.39, 0.29) is 5.91 Å². The van der Waals surface area contributed by atoms with E-state index in [1.807, 2.05) is 49.4 Å². The first-order chi connectivity index (χ1) is 14.6. The van der Waals surface area contributed by atoms with Crippen molar-refractivity contribution >= 4 is 16.8 Å². The van der Waals surface area contributed by atoms with Crippen molar-refractivity contribution < 1.29 is 9.53 Å². The molecule has 0 atom stereocenters. The predicted octanol–water partition coefficient (Wildman–Crippen LogP) is 5.46. The Morgan fingerprint density at radius 2 is 1.73 bits per heavy atom. The number of hydrogen-bond acceptors (Lipinski definition) is 3. The molecule has 150 valence electrons. The number of benzene rings is 3. The number of carbonyl (C=O) groups is 1. The highest BCUT2D eigenvalue weighted by molar-refractivity contribution is 6.09. The fourth-order valence-electron chi connectivity index (χ4n) is 3.65. The number of hydrogen-bond donors (Lipinski definition) is 1. The number of ether oxygens (including phenoxy) is 1. The second-order valence-corrected chi connectivity index (χ2v) is 7.37. The molecule has 3 aromatic carbocycles. The highest BCUT2D eigenvalue weighted by Crippen LogP contribution is 2.30. The summed E-state index contributed by atoms with van der Waals surface area (Å²) in [5, 5.41) is 3.87. The maximum Gasteiger partial charge on any atom is 0.252 e. The number of para-hydroxylation sites is 2. The van der Waals surface area contributed by atoms with Gasteiger partial charge in [-0.3, -0.25) is 9.78 Å². The van der Waals surface area contributed by atoms with Crippen molar-refractivity contribution in [1.29, 1.82) is 0 Å². The maximum atomic E-state index is 13.1. The van der Waals surface area contributed by atoms with Gasteiger partial charge in [0.1, 0.15) is 5.75 Å². The zero-order chi connectivity index (χ0) is 21.1. The fourth-order valence-corrected chi connectivity index (χ4v) is 3.65. The minimum atomic E-state index is -0.127. The summed E-state index contributed by atoms with van der Waals surface area (Å²) < 4.78 is 5.38. The number of methoxy groups -OCH3 is 1. The van der Waals surface area contributed by atoms with E-state index in [4.69, 9.17) is 9.72 Å². The van der Waals surface area contributed by atoms with Crippen LogP contribution in [0.15, 0.2) is 72.8 Å². The summed E-state index contributed by atoms with van der Waals surface area (Å²) in [7, 11) is 1.63. The molecule has 0 aliphatic rings. The molecule has 30 heavy (non-hydrogen) atoms. The third-order valence-corrected chi connectivity index (χ3v) is 5.21. The molecule has 1 aromatic heterocycles. The van der Waals surface area contributed by atoms with Gasteiger partial charge in [0.25, 0.3) is 5.91 Å². The topological polar surface area (TPSA) is 51.2 Å². The van der Waals surface area contributed by atoms with Crippen LogP contribution in [0.4, 0.5) is 0 Å². The molecule has 0 saturated carbocycles. The van der Waals surface area contributed by atoms with Crippen molar-refractivity contribution in [2.24, 2.45) is 0 Å². The average molecular weight is 396 g/mol. The Morgan fingerprint density at radius 3 is 2.50 bits per heavy atom. The lowest BCUT2D eigenvalue weighted by atomic mass is 9.98. The second-order valence-electron chi connectivity index (χ2n) is 7.37. The van der Waals surface area contributed by atoms with Crippen LogP contribution in [-0.4, -0.2) is 18.0 Å². The molecule has 0 spiro atoms. The largest absolute Gasteiger partial charge is 0.496 e. The molecule has 1 amide bonds. The summed E-state index contributed by atoms with van der Waals surface area (Å²) in [5.74, 6) is 0.632. The lowest BCUT2D eigenvalue weighted by molar-refractivity contribution is 0.0952. The minimum absolute atomic E-state index is 0.127. The van der Waals surface area contributed by atoms with Gasteiger partial charge in [0, 0.05) is 28.8 Å². The van der Waals surface area contributed by atoms with Gasteiger partial charge in [-0.25, -0.2) is 0 Å². The van der Waals surface area contributed by atoms with Gasteiger partial charge >= 0.3 is 0 Å². The van der Waals surface area contributed by atoms with Crippen LogP contribution in [0.25, 0.3) is 22.0 Å². The van der Waals surface area contributed by atoms with E-state index in [1.165, 1.54) is 5.56 Å². The predicted molar refractivity (Wildman–Crippen MR) is 121 cm³/mol. The molecule has 4 rings (SSSR count). The summed E-state index contributed by atoms with van der Waals surface area (Å²) in [6, 6.07) is 23.9. The van der Waals surface area contributed by atoms with Crippen molar-refractivity contribution in [3.63, 3.8) is 0 Å². The number of nitrogens with one attached hydrogen (secondary N) is 1. The van der Waals surface area contributed by atoms with Gasteiger partial charge in [-0.1, -0.05) is 66.2 Å². The zero-order valence-electron chi connectivity index (χ0n) is 17.4. The number of carbonyl (C=O) groups excluding carboxylic acids is 1. The van der Waals surface area contributed by atoms with Crippen LogP contribution in [0.2, 0.25) is 0 Å². The van der Waals surface area contributed by atoms with E-state index < -0.39 is 0 Å². The number of aromatic nitrogens is 1. The van der Waals surface area contributed by atoms with E-state index in [9.17, 15) is 4.79 Å². The number of amides is 1. The molecular weight excluding hydrogens is 372 g/mol. The molecule has 0 saturated heterocycles. The van der Waals surface area contributed by atoms with Gasteiger partial charge in [-0.15, -0.1) is 0 Å². The third-order valence-electron chi connectivity index (χ3n) is 5.21. The Morgan fingerprint density at radius 1 is 0.967 bits per heavy atom. The van der Waals surface area contributed by atoms with Crippen LogP contribution < -0.4 is 10.1 Å². The Hall–Kier alpha value is -3.66. The number of rotatable bonds is 5. The van der Waals surface area contributed by atoms with E-state index in [2.05, 4.69) is 42.6 Å². The molecule has 1 N–H and O–H groups in total. The van der Waals surface area contributed by atoms with Crippen LogP contribution in [0, 0.1) is 13.8 Å². The quantitative estimate of drug-likeness (QED) is 0.487. The Balaban J connectivity index is 1.71. The Bertz CT molecular complexity index is 1210. The minimum Gasteiger partial charge on any atom is -0.496 e. The van der Waals surface area contributed by atoms with Crippen molar-refractivity contribution in [1.82, 2.24) is 10.3 Å². The summed E-state index contributed by atoms with van der Waals surface area (Å²) in [5.41, 5.74) is 6.53. The highest BCUT2D eigenvalue weighted by atomic mass is 16.5. The summed E-state index contributed by atoms with van der Waals surface area (Å²) in [6.45, 7) is 4.38. The van der Waals surface area contributed by atoms with E-state index >= 15 is 0 Å². The third kappa shape index (κ3) is 3.90. The van der Waals surface area contributed by atoms with Gasteiger partial charge in [-0.05, 0) is 31.5 Å². The fraction of sp³-hybridized carbons (Fsp3) is 0.154. The normalized spacial score (nSPS) is 10.8. The van der Waals surface area contributed by atoms with E-state index in [0.717, 1.165) is 39.0 Å². The lowest BCUT2D eigenvalue weighted by Crippen LogP contribution is -2.23. The van der Waals surface area contributed by atoms with Gasteiger partial charge in [0.05, 0.1) is 18.2 Å². The van der Waals surface area contributed by atoms with E-state index in [0.29, 0.717) is 12.1 Å². The van der Waals surface area contributed by atoms with E-state index in [1.54, 1.807) is 7.11 Å². The summed E-state index contributed by atoms with van der Waals surface area (Å²) in [6.07, 6.45) is 0. The smallest absolute Gasteiger partial charge is 0.252 e. The number of fused-ring (bicyclic) bond motifs is 1. The first-order valence-corrected chi connectivity index (χ1v) is 9.94. The number of aryl methyl sites for hydroxylation is 2. The molecular formula is C26H24N2O2. The van der Waals surface area contributed by atoms with Crippen LogP contribution in [-0.2, 0) is 6.54 Å². The molecule has 0 radical (unpaired) electrons. The highest BCUT2D eigenvalue weighted by Gasteiger charge is 2.15. The Kier molecular flexibility index (Phi) is 5.48. The monoisotopic (exact) mass is 396 g/mol. The standard InChI is InChI=1S/C26H24N2O2/c1-17-11-13-19(14-12-17)21-8-6-9-22-23(15-18(2)28-25(21)22)26(29)27-16-20-7-4-5-10-24(20)30-3/h4-15H,16H2,1-3H3,(H,27,29). The van der Waals surface area contributed by atoms with Gasteiger partial charge in [0.15, 0.2) is 0 Å². The molecule has 4 aromatic rings. The van der Waals surface area contributed by atoms with Crippen molar-refractivity contribution in [3.05, 3.63) is 95.2 Å². The maximum absolute atomic E-state index is 13.1. The van der Waals surface area contributed by atoms with Crippen LogP contribution in [0.3, 0.4) is 0 Å². The molecule has 4 nitrogen and oxygen atoms in total. The van der Waals surface area contributed by atoms with Gasteiger partial charge < -0.3 is 10.1 Å². The number of nitrogens with zero attached hydrogens (tertiary/aromatic N) is 1. The SMILES string of the molecule is COc1ccccc1CNC(=O)c1cc(C)nc2c(-c3ccc(C)cc3)cccc12. The second kappa shape index (κ2) is 8.37. The molecule has 0 aliphatic carbocycles.